The first-order chi connectivity index (χ1) is 9.24. The Bertz CT molecular complexity index is 279. The number of carboxylic acids is 1. The average Bonchev–Trinajstić information content (AvgIpc) is 2.89. The Labute approximate surface area is 116 Å². The Kier molecular flexibility index (Phi) is 8.26. The first-order valence-electron chi connectivity index (χ1n) is 7.71. The zero-order valence-electron chi connectivity index (χ0n) is 12.2. The lowest BCUT2D eigenvalue weighted by Gasteiger charge is -2.25. The second-order valence-electron chi connectivity index (χ2n) is 5.42. The van der Waals surface area contributed by atoms with Gasteiger partial charge in [0.15, 0.2) is 0 Å². The number of carboxylic acid groups (broad SMARTS) is 1. The van der Waals surface area contributed by atoms with E-state index < -0.39 is 5.97 Å². The maximum absolute atomic E-state index is 10.9. The van der Waals surface area contributed by atoms with Gasteiger partial charge >= 0.3 is 5.97 Å². The molecule has 0 spiro atoms. The van der Waals surface area contributed by atoms with Gasteiger partial charge in [-0.3, -0.25) is 9.79 Å². The molecule has 1 rings (SSSR count). The molecule has 1 heterocycles. The minimum atomic E-state index is -0.701. The van der Waals surface area contributed by atoms with Crippen molar-refractivity contribution in [1.29, 1.82) is 0 Å². The molecule has 1 aliphatic rings. The summed E-state index contributed by atoms with van der Waals surface area (Å²) in [6.07, 6.45) is 12.0. The number of hydrogen-bond acceptors (Lipinski definition) is 3. The van der Waals surface area contributed by atoms with Crippen molar-refractivity contribution in [2.45, 2.75) is 70.8 Å². The van der Waals surface area contributed by atoms with Crippen LogP contribution in [0, 0.1) is 0 Å². The van der Waals surface area contributed by atoms with Crippen molar-refractivity contribution in [3.63, 3.8) is 0 Å². The lowest BCUT2D eigenvalue weighted by atomic mass is 10.0. The highest BCUT2D eigenvalue weighted by Crippen LogP contribution is 2.16. The summed E-state index contributed by atoms with van der Waals surface area (Å²) in [5, 5.41) is 8.97. The molecule has 0 aromatic heterocycles. The molecule has 1 atom stereocenters. The third kappa shape index (κ3) is 7.19. The maximum Gasteiger partial charge on any atom is 0.305 e. The predicted molar refractivity (Wildman–Crippen MR) is 78.7 cm³/mol. The molecule has 0 amide bonds. The predicted octanol–water partition coefficient (Wildman–Crippen LogP) is 3.31. The minimum absolute atomic E-state index is 0.138. The third-order valence-electron chi connectivity index (χ3n) is 3.74. The smallest absolute Gasteiger partial charge is 0.305 e. The van der Waals surface area contributed by atoms with Crippen LogP contribution in [0.4, 0.5) is 0 Å². The summed E-state index contributed by atoms with van der Waals surface area (Å²) in [5.41, 5.74) is 0. The molecule has 0 aromatic carbocycles. The van der Waals surface area contributed by atoms with Crippen LogP contribution in [0.25, 0.3) is 0 Å². The van der Waals surface area contributed by atoms with E-state index in [-0.39, 0.29) is 12.5 Å². The number of nitrogens with zero attached hydrogens (tertiary/aromatic N) is 2. The van der Waals surface area contributed by atoms with Gasteiger partial charge in [-0.25, -0.2) is 0 Å². The van der Waals surface area contributed by atoms with E-state index in [1.807, 2.05) is 6.34 Å². The van der Waals surface area contributed by atoms with Gasteiger partial charge in [0.05, 0.1) is 19.3 Å². The largest absolute Gasteiger partial charge is 0.481 e. The number of hydrogen-bond donors (Lipinski definition) is 1. The molecule has 4 heteroatoms. The Morgan fingerprint density at radius 1 is 1.26 bits per heavy atom. The fourth-order valence-electron chi connectivity index (χ4n) is 2.59. The molecule has 0 radical (unpaired) electrons. The van der Waals surface area contributed by atoms with Gasteiger partial charge in [-0.15, -0.1) is 0 Å². The molecule has 1 unspecified atom stereocenters. The fraction of sp³-hybridized carbons (Fsp3) is 0.867. The van der Waals surface area contributed by atoms with Crippen LogP contribution in [-0.2, 0) is 4.79 Å². The summed E-state index contributed by atoms with van der Waals surface area (Å²) < 4.78 is 0. The van der Waals surface area contributed by atoms with Crippen molar-refractivity contribution in [3.8, 4) is 0 Å². The Hall–Kier alpha value is -1.06. The molecule has 110 valence electrons. The van der Waals surface area contributed by atoms with E-state index in [0.29, 0.717) is 0 Å². The van der Waals surface area contributed by atoms with Gasteiger partial charge in [0, 0.05) is 12.6 Å². The Morgan fingerprint density at radius 2 is 1.95 bits per heavy atom. The van der Waals surface area contributed by atoms with Gasteiger partial charge in [-0.05, 0) is 6.42 Å². The quantitative estimate of drug-likeness (QED) is 0.585. The zero-order valence-corrected chi connectivity index (χ0v) is 12.2. The summed E-state index contributed by atoms with van der Waals surface area (Å²) in [4.78, 5) is 17.2. The highest BCUT2D eigenvalue weighted by Gasteiger charge is 2.20. The molecule has 4 nitrogen and oxygen atoms in total. The van der Waals surface area contributed by atoms with Crippen LogP contribution in [0.3, 0.4) is 0 Å². The molecule has 0 saturated carbocycles. The molecule has 0 fully saturated rings. The van der Waals surface area contributed by atoms with Crippen LogP contribution in [0.2, 0.25) is 0 Å². The molecular formula is C15H28N2O2. The Balaban J connectivity index is 2.14. The van der Waals surface area contributed by atoms with Crippen molar-refractivity contribution in [2.75, 3.05) is 13.1 Å². The molecule has 0 aromatic rings. The number of carbonyl (C=O) groups is 1. The minimum Gasteiger partial charge on any atom is -0.481 e. The average molecular weight is 268 g/mol. The van der Waals surface area contributed by atoms with Crippen LogP contribution in [0.5, 0.6) is 0 Å². The van der Waals surface area contributed by atoms with Crippen molar-refractivity contribution in [3.05, 3.63) is 0 Å². The third-order valence-corrected chi connectivity index (χ3v) is 3.74. The molecule has 1 aliphatic heterocycles. The van der Waals surface area contributed by atoms with Gasteiger partial charge in [0.25, 0.3) is 0 Å². The number of aliphatic imine (C=N–C) groups is 1. The van der Waals surface area contributed by atoms with Gasteiger partial charge in [-0.2, -0.15) is 0 Å². The van der Waals surface area contributed by atoms with E-state index in [9.17, 15) is 4.79 Å². The van der Waals surface area contributed by atoms with Crippen molar-refractivity contribution < 1.29 is 9.90 Å². The summed E-state index contributed by atoms with van der Waals surface area (Å²) in [7, 11) is 0. The SMILES string of the molecule is CCCCCCCCCC(CC(=O)O)N1C=NCC1. The highest BCUT2D eigenvalue weighted by molar-refractivity contribution is 5.68. The first kappa shape index (κ1) is 16.0. The van der Waals surface area contributed by atoms with Crippen LogP contribution in [0.15, 0.2) is 4.99 Å². The van der Waals surface area contributed by atoms with Crippen LogP contribution >= 0.6 is 0 Å². The van der Waals surface area contributed by atoms with Crippen LogP contribution < -0.4 is 0 Å². The number of rotatable bonds is 11. The van der Waals surface area contributed by atoms with Crippen LogP contribution in [-0.4, -0.2) is 41.4 Å². The lowest BCUT2D eigenvalue weighted by Crippen LogP contribution is -2.34. The number of unbranched alkanes of at least 4 members (excludes halogenated alkanes) is 6. The summed E-state index contributed by atoms with van der Waals surface area (Å²) in [5.74, 6) is -0.701. The fourth-order valence-corrected chi connectivity index (χ4v) is 2.59. The van der Waals surface area contributed by atoms with Crippen molar-refractivity contribution >= 4 is 12.3 Å². The Morgan fingerprint density at radius 3 is 2.53 bits per heavy atom. The second-order valence-corrected chi connectivity index (χ2v) is 5.42. The molecule has 1 N–H and O–H groups in total. The summed E-state index contributed by atoms with van der Waals surface area (Å²) in [6, 6.07) is 0.138. The molecule has 0 bridgehead atoms. The highest BCUT2D eigenvalue weighted by atomic mass is 16.4. The van der Waals surface area contributed by atoms with E-state index in [2.05, 4.69) is 16.8 Å². The van der Waals surface area contributed by atoms with E-state index in [1.165, 1.54) is 38.5 Å². The summed E-state index contributed by atoms with van der Waals surface area (Å²) in [6.45, 7) is 3.93. The zero-order chi connectivity index (χ0) is 13.9. The molecule has 19 heavy (non-hydrogen) atoms. The van der Waals surface area contributed by atoms with E-state index in [1.54, 1.807) is 0 Å². The van der Waals surface area contributed by atoms with Gasteiger partial charge in [0.2, 0.25) is 0 Å². The standard InChI is InChI=1S/C15H28N2O2/c1-2-3-4-5-6-7-8-9-14(12-15(18)19)17-11-10-16-13-17/h13-14H,2-12H2,1H3,(H,18,19). The second kappa shape index (κ2) is 9.82. The monoisotopic (exact) mass is 268 g/mol. The van der Waals surface area contributed by atoms with Gasteiger partial charge in [0.1, 0.15) is 0 Å². The van der Waals surface area contributed by atoms with E-state index >= 15 is 0 Å². The topological polar surface area (TPSA) is 52.9 Å². The van der Waals surface area contributed by atoms with Gasteiger partial charge in [-0.1, -0.05) is 51.9 Å². The molecular weight excluding hydrogens is 240 g/mol. The summed E-state index contributed by atoms with van der Waals surface area (Å²) >= 11 is 0. The first-order valence-corrected chi connectivity index (χ1v) is 7.71. The normalized spacial score (nSPS) is 15.9. The van der Waals surface area contributed by atoms with E-state index in [0.717, 1.165) is 25.9 Å². The van der Waals surface area contributed by atoms with Crippen molar-refractivity contribution in [1.82, 2.24) is 4.90 Å². The van der Waals surface area contributed by atoms with Gasteiger partial charge < -0.3 is 10.0 Å². The van der Waals surface area contributed by atoms with E-state index in [4.69, 9.17) is 5.11 Å². The lowest BCUT2D eigenvalue weighted by molar-refractivity contribution is -0.138. The van der Waals surface area contributed by atoms with Crippen LogP contribution in [0.1, 0.15) is 64.7 Å². The molecule has 0 aliphatic carbocycles. The maximum atomic E-state index is 10.9. The van der Waals surface area contributed by atoms with Crippen molar-refractivity contribution in [2.24, 2.45) is 4.99 Å². The number of aliphatic carboxylic acids is 1. The molecule has 0 saturated heterocycles.